The van der Waals surface area contributed by atoms with Gasteiger partial charge in [-0.1, -0.05) is 0 Å². The highest BCUT2D eigenvalue weighted by molar-refractivity contribution is 14.0. The van der Waals surface area contributed by atoms with Crippen molar-refractivity contribution in [2.24, 2.45) is 4.99 Å². The number of hydrogen-bond donors (Lipinski definition) is 2. The minimum atomic E-state index is -0.318. The van der Waals surface area contributed by atoms with Crippen molar-refractivity contribution in [1.82, 2.24) is 25.4 Å². The van der Waals surface area contributed by atoms with Crippen molar-refractivity contribution in [3.05, 3.63) is 33.5 Å². The topological polar surface area (TPSA) is 93.4 Å². The molecule has 156 valence electrons. The van der Waals surface area contributed by atoms with Gasteiger partial charge in [-0.2, -0.15) is 5.10 Å². The molecular weight excluding hydrogens is 491 g/mol. The van der Waals surface area contributed by atoms with E-state index < -0.39 is 0 Å². The molecule has 0 amide bonds. The van der Waals surface area contributed by atoms with Crippen molar-refractivity contribution < 1.29 is 9.53 Å². The van der Waals surface area contributed by atoms with Crippen molar-refractivity contribution in [2.75, 3.05) is 19.7 Å². The highest BCUT2D eigenvalue weighted by atomic mass is 127. The van der Waals surface area contributed by atoms with Crippen molar-refractivity contribution in [1.29, 1.82) is 0 Å². The molecule has 0 aliphatic heterocycles. The third-order valence-electron chi connectivity index (χ3n) is 3.70. The maximum Gasteiger partial charge on any atom is 0.350 e. The van der Waals surface area contributed by atoms with Crippen LogP contribution >= 0.6 is 35.3 Å². The lowest BCUT2D eigenvalue weighted by Gasteiger charge is -2.16. The first kappa shape index (κ1) is 24.3. The Kier molecular flexibility index (Phi) is 10.4. The van der Waals surface area contributed by atoms with E-state index in [0.29, 0.717) is 36.2 Å². The molecular formula is C18H29IN6O2S. The van der Waals surface area contributed by atoms with Crippen LogP contribution in [0.1, 0.15) is 52.7 Å². The number of aryl methyl sites for hydroxylation is 2. The third-order valence-corrected chi connectivity index (χ3v) is 5.02. The Morgan fingerprint density at radius 3 is 2.75 bits per heavy atom. The molecule has 2 N–H and O–H groups in total. The molecule has 0 aliphatic rings. The zero-order chi connectivity index (χ0) is 19.8. The first-order valence-electron chi connectivity index (χ1n) is 9.12. The van der Waals surface area contributed by atoms with Gasteiger partial charge < -0.3 is 15.4 Å². The molecule has 0 aliphatic carbocycles. The monoisotopic (exact) mass is 520 g/mol. The summed E-state index contributed by atoms with van der Waals surface area (Å²) in [6.07, 6.45) is 3.83. The Morgan fingerprint density at radius 1 is 1.39 bits per heavy atom. The number of aromatic nitrogens is 3. The number of rotatable bonds is 8. The van der Waals surface area contributed by atoms with E-state index in [0.717, 1.165) is 17.1 Å². The van der Waals surface area contributed by atoms with Gasteiger partial charge in [0.2, 0.25) is 0 Å². The zero-order valence-corrected chi connectivity index (χ0v) is 20.1. The van der Waals surface area contributed by atoms with Crippen molar-refractivity contribution >= 4 is 47.2 Å². The minimum Gasteiger partial charge on any atom is -0.462 e. The summed E-state index contributed by atoms with van der Waals surface area (Å²) in [5.74, 6) is 0.389. The summed E-state index contributed by atoms with van der Waals surface area (Å²) in [5, 5.41) is 11.7. The van der Waals surface area contributed by atoms with E-state index >= 15 is 0 Å². The van der Waals surface area contributed by atoms with E-state index in [1.807, 2.05) is 44.8 Å². The summed E-state index contributed by atoms with van der Waals surface area (Å²) >= 11 is 1.35. The van der Waals surface area contributed by atoms with Crippen LogP contribution in [0.15, 0.2) is 17.4 Å². The van der Waals surface area contributed by atoms with E-state index in [2.05, 4.69) is 25.7 Å². The minimum absolute atomic E-state index is 0. The Morgan fingerprint density at radius 2 is 2.14 bits per heavy atom. The normalized spacial score (nSPS) is 12.2. The van der Waals surface area contributed by atoms with Gasteiger partial charge in [0.15, 0.2) is 5.96 Å². The molecule has 0 aromatic carbocycles. The SMILES string of the molecule is CCNC(=NCCn1cc(C)cn1)NC(C)c1nc(C)c(C(=O)OCC)s1.I. The quantitative estimate of drug-likeness (QED) is 0.241. The van der Waals surface area contributed by atoms with Gasteiger partial charge in [0, 0.05) is 12.7 Å². The molecule has 2 aromatic rings. The number of carbonyl (C=O) groups excluding carboxylic acids is 1. The smallest absolute Gasteiger partial charge is 0.350 e. The van der Waals surface area contributed by atoms with Gasteiger partial charge in [0.05, 0.1) is 37.6 Å². The highest BCUT2D eigenvalue weighted by Gasteiger charge is 2.20. The van der Waals surface area contributed by atoms with E-state index in [1.54, 1.807) is 6.92 Å². The molecule has 8 nitrogen and oxygen atoms in total. The fourth-order valence-electron chi connectivity index (χ4n) is 2.43. The first-order chi connectivity index (χ1) is 12.9. The van der Waals surface area contributed by atoms with Gasteiger partial charge >= 0.3 is 5.97 Å². The second-order valence-corrected chi connectivity index (χ2v) is 7.13. The van der Waals surface area contributed by atoms with Crippen LogP contribution in [0.25, 0.3) is 0 Å². The number of esters is 1. The van der Waals surface area contributed by atoms with Gasteiger partial charge in [-0.3, -0.25) is 9.67 Å². The maximum atomic E-state index is 12.0. The largest absolute Gasteiger partial charge is 0.462 e. The molecule has 1 atom stereocenters. The second kappa shape index (κ2) is 12.0. The number of aliphatic imine (C=N–C) groups is 1. The first-order valence-corrected chi connectivity index (χ1v) is 9.94. The summed E-state index contributed by atoms with van der Waals surface area (Å²) < 4.78 is 6.96. The van der Waals surface area contributed by atoms with Crippen LogP contribution in [0, 0.1) is 13.8 Å². The maximum absolute atomic E-state index is 12.0. The molecule has 2 rings (SSSR count). The number of nitrogens with zero attached hydrogens (tertiary/aromatic N) is 4. The molecule has 0 saturated carbocycles. The van der Waals surface area contributed by atoms with Crippen molar-refractivity contribution in [3.63, 3.8) is 0 Å². The van der Waals surface area contributed by atoms with Gasteiger partial charge in [-0.05, 0) is 40.2 Å². The number of guanidine groups is 1. The van der Waals surface area contributed by atoms with Crippen LogP contribution in [-0.4, -0.2) is 46.4 Å². The average molecular weight is 520 g/mol. The van der Waals surface area contributed by atoms with Crippen LogP contribution in [-0.2, 0) is 11.3 Å². The number of thiazole rings is 1. The molecule has 10 heteroatoms. The molecule has 0 spiro atoms. The predicted octanol–water partition coefficient (Wildman–Crippen LogP) is 3.07. The number of halogens is 1. The standard InChI is InChI=1S/C18H28N6O2S.HI/c1-6-19-18(20-8-9-24-11-12(3)10-21-24)23-14(5)16-22-13(4)15(27-16)17(25)26-7-2;/h10-11,14H,6-9H2,1-5H3,(H2,19,20,23);1H. The number of hydrogen-bond acceptors (Lipinski definition) is 6. The second-order valence-electron chi connectivity index (χ2n) is 6.09. The summed E-state index contributed by atoms with van der Waals surface area (Å²) in [6, 6.07) is -0.0818. The Balaban J connectivity index is 0.00000392. The molecule has 1 unspecified atom stereocenters. The van der Waals surface area contributed by atoms with E-state index in [9.17, 15) is 4.79 Å². The zero-order valence-electron chi connectivity index (χ0n) is 17.0. The Bertz CT molecular complexity index is 789. The fourth-order valence-corrected chi connectivity index (χ4v) is 3.39. The van der Waals surface area contributed by atoms with E-state index in [1.165, 1.54) is 11.3 Å². The van der Waals surface area contributed by atoms with Gasteiger partial charge in [0.1, 0.15) is 9.88 Å². The molecule has 28 heavy (non-hydrogen) atoms. The number of ether oxygens (including phenoxy) is 1. The summed E-state index contributed by atoms with van der Waals surface area (Å²) in [5.41, 5.74) is 1.83. The molecule has 2 aromatic heterocycles. The molecule has 0 saturated heterocycles. The van der Waals surface area contributed by atoms with Crippen LogP contribution in [0.4, 0.5) is 0 Å². The van der Waals surface area contributed by atoms with Gasteiger partial charge in [-0.25, -0.2) is 9.78 Å². The van der Waals surface area contributed by atoms with Gasteiger partial charge in [-0.15, -0.1) is 35.3 Å². The summed E-state index contributed by atoms with van der Waals surface area (Å²) in [7, 11) is 0. The Labute approximate surface area is 187 Å². The molecule has 0 bridgehead atoms. The average Bonchev–Trinajstić information content (AvgIpc) is 3.21. The highest BCUT2D eigenvalue weighted by Crippen LogP contribution is 2.24. The van der Waals surface area contributed by atoms with Crippen LogP contribution in [0.3, 0.4) is 0 Å². The van der Waals surface area contributed by atoms with Crippen molar-refractivity contribution in [2.45, 2.75) is 47.2 Å². The lowest BCUT2D eigenvalue weighted by atomic mass is 10.3. The van der Waals surface area contributed by atoms with E-state index in [-0.39, 0.29) is 36.0 Å². The van der Waals surface area contributed by atoms with Gasteiger partial charge in [0.25, 0.3) is 0 Å². The summed E-state index contributed by atoms with van der Waals surface area (Å²) in [4.78, 5) is 21.7. The lowest BCUT2D eigenvalue weighted by Crippen LogP contribution is -2.39. The van der Waals surface area contributed by atoms with E-state index in [4.69, 9.17) is 4.74 Å². The molecule has 0 radical (unpaired) electrons. The predicted molar refractivity (Wildman–Crippen MR) is 123 cm³/mol. The van der Waals surface area contributed by atoms with Crippen molar-refractivity contribution in [3.8, 4) is 0 Å². The molecule has 2 heterocycles. The third kappa shape index (κ3) is 7.04. The number of carbonyl (C=O) groups is 1. The lowest BCUT2D eigenvalue weighted by molar-refractivity contribution is 0.0531. The van der Waals surface area contributed by atoms with Crippen LogP contribution in [0.2, 0.25) is 0 Å². The Hall–Kier alpha value is -1.69. The fraction of sp³-hybridized carbons (Fsp3) is 0.556. The summed E-state index contributed by atoms with van der Waals surface area (Å²) in [6.45, 7) is 12.1. The number of nitrogens with one attached hydrogen (secondary N) is 2. The molecule has 0 fully saturated rings. The van der Waals surface area contributed by atoms with Crippen LogP contribution in [0.5, 0.6) is 0 Å². The van der Waals surface area contributed by atoms with Crippen LogP contribution < -0.4 is 10.6 Å².